The minimum absolute atomic E-state index is 0.948. The third-order valence-electron chi connectivity index (χ3n) is 3.22. The number of piperidine rings is 1. The molecule has 52 valence electrons. The van der Waals surface area contributed by atoms with Crippen molar-refractivity contribution in [2.24, 2.45) is 5.92 Å². The van der Waals surface area contributed by atoms with Gasteiger partial charge in [0, 0.05) is 12.1 Å². The summed E-state index contributed by atoms with van der Waals surface area (Å²) in [5.41, 5.74) is 0. The molecule has 0 N–H and O–H groups in total. The van der Waals surface area contributed by atoms with E-state index in [1.165, 1.54) is 19.3 Å². The van der Waals surface area contributed by atoms with E-state index in [0.29, 0.717) is 0 Å². The van der Waals surface area contributed by atoms with E-state index in [1.807, 2.05) is 0 Å². The number of fused-ring (bicyclic) bond motifs is 2. The van der Waals surface area contributed by atoms with Crippen LogP contribution in [-0.4, -0.2) is 24.0 Å². The Morgan fingerprint density at radius 2 is 2.11 bits per heavy atom. The lowest BCUT2D eigenvalue weighted by molar-refractivity contribution is -0.0380. The summed E-state index contributed by atoms with van der Waals surface area (Å²) in [5.74, 6) is 0.972. The summed E-state index contributed by atoms with van der Waals surface area (Å²) in [6.07, 6.45) is 4.41. The summed E-state index contributed by atoms with van der Waals surface area (Å²) >= 11 is 0. The van der Waals surface area contributed by atoms with Crippen molar-refractivity contribution in [2.45, 2.75) is 38.3 Å². The van der Waals surface area contributed by atoms with E-state index >= 15 is 0 Å². The molecular weight excluding hydrogens is 110 g/mol. The average molecular weight is 125 g/mol. The summed E-state index contributed by atoms with van der Waals surface area (Å²) in [7, 11) is 2.27. The minimum atomic E-state index is 0.948. The molecule has 3 fully saturated rings. The number of nitrogens with zero attached hydrogens (tertiary/aromatic N) is 1. The molecule has 0 amide bonds. The summed E-state index contributed by atoms with van der Waals surface area (Å²) in [6, 6.07) is 1.91. The Bertz CT molecular complexity index is 116. The SMILES string of the molecule is CC1CCC2CC1N2C. The van der Waals surface area contributed by atoms with Crippen LogP contribution < -0.4 is 0 Å². The number of hydrogen-bond donors (Lipinski definition) is 0. The van der Waals surface area contributed by atoms with E-state index in [0.717, 1.165) is 18.0 Å². The van der Waals surface area contributed by atoms with Crippen LogP contribution in [0.4, 0.5) is 0 Å². The van der Waals surface area contributed by atoms with E-state index in [4.69, 9.17) is 0 Å². The standard InChI is InChI=1S/C8H15N/c1-6-3-4-7-5-8(6)9(7)2/h6-8H,3-5H2,1-2H3. The maximum atomic E-state index is 2.55. The first-order valence-corrected chi connectivity index (χ1v) is 4.01. The van der Waals surface area contributed by atoms with Crippen LogP contribution in [-0.2, 0) is 0 Å². The molecule has 0 aromatic rings. The zero-order valence-electron chi connectivity index (χ0n) is 6.30. The maximum absolute atomic E-state index is 2.55. The highest BCUT2D eigenvalue weighted by atomic mass is 15.2. The molecule has 2 aliphatic heterocycles. The summed E-state index contributed by atoms with van der Waals surface area (Å²) in [4.78, 5) is 2.55. The number of hydrogen-bond acceptors (Lipinski definition) is 1. The maximum Gasteiger partial charge on any atom is 0.0136 e. The third-order valence-corrected chi connectivity index (χ3v) is 3.22. The van der Waals surface area contributed by atoms with E-state index < -0.39 is 0 Å². The van der Waals surface area contributed by atoms with Crippen LogP contribution >= 0.6 is 0 Å². The van der Waals surface area contributed by atoms with Crippen molar-refractivity contribution in [3.05, 3.63) is 0 Å². The lowest BCUT2D eigenvalue weighted by Gasteiger charge is -2.54. The van der Waals surface area contributed by atoms with Crippen molar-refractivity contribution in [3.63, 3.8) is 0 Å². The van der Waals surface area contributed by atoms with E-state index in [2.05, 4.69) is 18.9 Å². The molecule has 0 aromatic heterocycles. The molecule has 9 heavy (non-hydrogen) atoms. The fourth-order valence-corrected chi connectivity index (χ4v) is 2.35. The molecule has 1 heteroatoms. The van der Waals surface area contributed by atoms with Crippen molar-refractivity contribution < 1.29 is 0 Å². The number of rotatable bonds is 0. The Labute approximate surface area is 57.0 Å². The quantitative estimate of drug-likeness (QED) is 0.474. The van der Waals surface area contributed by atoms with Gasteiger partial charge in [0.1, 0.15) is 0 Å². The Morgan fingerprint density at radius 1 is 1.33 bits per heavy atom. The second kappa shape index (κ2) is 1.72. The lowest BCUT2D eigenvalue weighted by atomic mass is 9.74. The smallest absolute Gasteiger partial charge is 0.0136 e. The van der Waals surface area contributed by atoms with Crippen LogP contribution in [0.5, 0.6) is 0 Å². The largest absolute Gasteiger partial charge is 0.300 e. The third kappa shape index (κ3) is 0.644. The second-order valence-corrected chi connectivity index (χ2v) is 3.68. The van der Waals surface area contributed by atoms with E-state index in [9.17, 15) is 0 Å². The van der Waals surface area contributed by atoms with Gasteiger partial charge in [-0.3, -0.25) is 0 Å². The van der Waals surface area contributed by atoms with Gasteiger partial charge in [-0.2, -0.15) is 0 Å². The zero-order chi connectivity index (χ0) is 6.43. The van der Waals surface area contributed by atoms with Gasteiger partial charge in [0.25, 0.3) is 0 Å². The molecule has 1 saturated carbocycles. The monoisotopic (exact) mass is 125 g/mol. The molecule has 2 heterocycles. The van der Waals surface area contributed by atoms with Gasteiger partial charge < -0.3 is 4.90 Å². The first-order chi connectivity index (χ1) is 4.29. The van der Waals surface area contributed by atoms with Crippen molar-refractivity contribution in [1.29, 1.82) is 0 Å². The Hall–Kier alpha value is -0.0400. The van der Waals surface area contributed by atoms with Crippen LogP contribution in [0.2, 0.25) is 0 Å². The molecule has 2 saturated heterocycles. The van der Waals surface area contributed by atoms with Gasteiger partial charge in [-0.05, 0) is 32.2 Å². The molecule has 1 nitrogen and oxygen atoms in total. The van der Waals surface area contributed by atoms with Crippen LogP contribution in [0, 0.1) is 5.92 Å². The van der Waals surface area contributed by atoms with E-state index in [1.54, 1.807) is 0 Å². The van der Waals surface area contributed by atoms with Crippen molar-refractivity contribution in [1.82, 2.24) is 4.90 Å². The molecule has 3 atom stereocenters. The highest BCUT2D eigenvalue weighted by molar-refractivity contribution is 4.97. The van der Waals surface area contributed by atoms with Crippen molar-refractivity contribution in [3.8, 4) is 0 Å². The summed E-state index contributed by atoms with van der Waals surface area (Å²) in [6.45, 7) is 2.39. The van der Waals surface area contributed by atoms with Crippen molar-refractivity contribution in [2.75, 3.05) is 7.05 Å². The molecule has 3 unspecified atom stereocenters. The highest BCUT2D eigenvalue weighted by Gasteiger charge is 2.42. The minimum Gasteiger partial charge on any atom is -0.300 e. The molecule has 3 aliphatic rings. The lowest BCUT2D eigenvalue weighted by Crippen LogP contribution is -2.59. The van der Waals surface area contributed by atoms with Gasteiger partial charge >= 0.3 is 0 Å². The molecule has 0 spiro atoms. The fourth-order valence-electron chi connectivity index (χ4n) is 2.35. The molecular formula is C8H15N. The first-order valence-electron chi connectivity index (χ1n) is 4.01. The highest BCUT2D eigenvalue weighted by Crippen LogP contribution is 2.39. The predicted octanol–water partition coefficient (Wildman–Crippen LogP) is 1.49. The molecule has 3 rings (SSSR count). The molecule has 0 aromatic carbocycles. The average Bonchev–Trinajstić information content (AvgIpc) is 1.86. The zero-order valence-corrected chi connectivity index (χ0v) is 6.30. The topological polar surface area (TPSA) is 3.24 Å². The Kier molecular flexibility index (Phi) is 1.10. The van der Waals surface area contributed by atoms with Crippen LogP contribution in [0.25, 0.3) is 0 Å². The first kappa shape index (κ1) is 5.72. The van der Waals surface area contributed by atoms with Gasteiger partial charge in [-0.25, -0.2) is 0 Å². The summed E-state index contributed by atoms with van der Waals surface area (Å²) < 4.78 is 0. The molecule has 0 radical (unpaired) electrons. The Balaban J connectivity index is 2.06. The van der Waals surface area contributed by atoms with Gasteiger partial charge in [0.05, 0.1) is 0 Å². The Morgan fingerprint density at radius 3 is 2.44 bits per heavy atom. The normalized spacial score (nSPS) is 50.7. The van der Waals surface area contributed by atoms with Gasteiger partial charge in [-0.1, -0.05) is 6.92 Å². The molecule has 1 aliphatic carbocycles. The van der Waals surface area contributed by atoms with Gasteiger partial charge in [0.15, 0.2) is 0 Å². The van der Waals surface area contributed by atoms with Gasteiger partial charge in [-0.15, -0.1) is 0 Å². The van der Waals surface area contributed by atoms with Crippen LogP contribution in [0.15, 0.2) is 0 Å². The van der Waals surface area contributed by atoms with Crippen molar-refractivity contribution >= 4 is 0 Å². The second-order valence-electron chi connectivity index (χ2n) is 3.68. The fraction of sp³-hybridized carbons (Fsp3) is 1.00. The van der Waals surface area contributed by atoms with Crippen LogP contribution in [0.3, 0.4) is 0 Å². The molecule has 2 bridgehead atoms. The van der Waals surface area contributed by atoms with Crippen LogP contribution in [0.1, 0.15) is 26.2 Å². The van der Waals surface area contributed by atoms with E-state index in [-0.39, 0.29) is 0 Å². The van der Waals surface area contributed by atoms with Gasteiger partial charge in [0.2, 0.25) is 0 Å². The summed E-state index contributed by atoms with van der Waals surface area (Å²) in [5, 5.41) is 0. The predicted molar refractivity (Wildman–Crippen MR) is 38.4 cm³/mol.